The first-order valence-corrected chi connectivity index (χ1v) is 38.1. The van der Waals surface area contributed by atoms with Crippen LogP contribution in [-0.4, -0.2) is 29.5 Å². The molecule has 99 heavy (non-hydrogen) atoms. The van der Waals surface area contributed by atoms with Crippen molar-refractivity contribution in [1.82, 2.24) is 13.3 Å². The molecule has 0 amide bonds. The van der Waals surface area contributed by atoms with Crippen molar-refractivity contribution in [3.05, 3.63) is 388 Å². The highest BCUT2D eigenvalue weighted by atomic mass is 32.1. The SMILES string of the molecule is Fc1c(F)c(N(c2ccc(-c3ccc([Si](c4ccccc4)(c4ccccc4)c4ccccc4)cc3)cc2)c2ccc(-c3ccc([Si](c4ccccc4)(c4ccccc4)c4ccccc4)cc3)cc2)c2nsnc2c1-c1ccc2c3ccccc3n(-c3ccccc3-c3ccccc3)c2c1. The first-order chi connectivity index (χ1) is 49.0. The Bertz CT molecular complexity index is 5300. The molecule has 0 aliphatic heterocycles. The molecule has 0 aliphatic carbocycles. The van der Waals surface area contributed by atoms with E-state index in [1.807, 2.05) is 84.9 Å². The summed E-state index contributed by atoms with van der Waals surface area (Å²) in [5.74, 6) is -2.05. The Hall–Kier alpha value is -12.0. The van der Waals surface area contributed by atoms with E-state index < -0.39 is 27.8 Å². The van der Waals surface area contributed by atoms with Crippen molar-refractivity contribution in [2.45, 2.75) is 0 Å². The van der Waals surface area contributed by atoms with Gasteiger partial charge in [-0.2, -0.15) is 8.75 Å². The van der Waals surface area contributed by atoms with Crippen LogP contribution >= 0.6 is 11.7 Å². The third-order valence-corrected chi connectivity index (χ3v) is 29.9. The molecule has 2 heterocycles. The summed E-state index contributed by atoms with van der Waals surface area (Å²) in [6.45, 7) is 0. The fraction of sp³-hybridized carbons (Fsp3) is 0. The number of anilines is 3. The maximum absolute atomic E-state index is 18.5. The van der Waals surface area contributed by atoms with Gasteiger partial charge in [0.2, 0.25) is 0 Å². The van der Waals surface area contributed by atoms with Gasteiger partial charge in [-0.3, -0.25) is 0 Å². The average molecular weight is 1330 g/mol. The molecule has 0 atom stereocenters. The molecule has 2 aromatic heterocycles. The topological polar surface area (TPSA) is 34.0 Å². The molecule has 0 bridgehead atoms. The van der Waals surface area contributed by atoms with Gasteiger partial charge in [0, 0.05) is 33.3 Å². The molecular weight excluding hydrogens is 1260 g/mol. The van der Waals surface area contributed by atoms with E-state index in [1.54, 1.807) is 4.90 Å². The van der Waals surface area contributed by atoms with Crippen LogP contribution < -0.4 is 46.4 Å². The first kappa shape index (κ1) is 60.7. The van der Waals surface area contributed by atoms with E-state index in [-0.39, 0.29) is 22.3 Å². The van der Waals surface area contributed by atoms with Gasteiger partial charge >= 0.3 is 0 Å². The van der Waals surface area contributed by atoms with Crippen LogP contribution in [0.1, 0.15) is 0 Å². The number of rotatable bonds is 16. The molecule has 4 nitrogen and oxygen atoms in total. The Balaban J connectivity index is 0.791. The smallest absolute Gasteiger partial charge is 0.185 e. The quantitative estimate of drug-likeness (QED) is 0.0714. The number of hydrogen-bond acceptors (Lipinski definition) is 4. The van der Waals surface area contributed by atoms with Crippen molar-refractivity contribution in [2.24, 2.45) is 0 Å². The van der Waals surface area contributed by atoms with Crippen LogP contribution in [0, 0.1) is 11.6 Å². The molecule has 470 valence electrons. The standard InChI is InChI=1S/C90H62F2N4SSi2/c91-86-85(68-52-61-81-80-41-23-25-43-83(80)96(84(81)62-68)82-42-24-22-40-79(82)67-26-8-1-9-27-67)88-89(94-97-93-88)90(87(86)92)95(69-53-44-63(45-54-69)65-48-57-77(58-49-65)98(71-28-10-2-11-29-71,72-30-12-3-13-31-72)73-32-14-4-15-33-73)70-55-46-64(47-56-70)66-50-59-78(60-51-66)99(74-34-16-5-17-35-74,75-36-18-6-19-37-75)76-38-20-7-21-39-76/h1-62H. The zero-order valence-electron chi connectivity index (χ0n) is 53.7. The lowest BCUT2D eigenvalue weighted by atomic mass is 9.99. The maximum Gasteiger partial charge on any atom is 0.185 e. The summed E-state index contributed by atoms with van der Waals surface area (Å²) in [6.07, 6.45) is 0. The third kappa shape index (κ3) is 10.5. The van der Waals surface area contributed by atoms with Gasteiger partial charge in [0.05, 0.1) is 28.4 Å². The van der Waals surface area contributed by atoms with Crippen LogP contribution in [0.3, 0.4) is 0 Å². The molecule has 0 aliphatic rings. The lowest BCUT2D eigenvalue weighted by molar-refractivity contribution is 0.514. The Morgan fingerprint density at radius 3 is 1.07 bits per heavy atom. The minimum Gasteiger partial charge on any atom is -0.309 e. The van der Waals surface area contributed by atoms with E-state index >= 15 is 8.78 Å². The highest BCUT2D eigenvalue weighted by Crippen LogP contribution is 2.47. The molecule has 0 saturated carbocycles. The van der Waals surface area contributed by atoms with Crippen LogP contribution in [0.5, 0.6) is 0 Å². The van der Waals surface area contributed by atoms with Gasteiger partial charge in [-0.25, -0.2) is 8.78 Å². The summed E-state index contributed by atoms with van der Waals surface area (Å²) < 4.78 is 48.7. The number of para-hydroxylation sites is 2. The maximum atomic E-state index is 18.5. The molecule has 0 spiro atoms. The molecular formula is C90H62F2N4SSi2. The molecule has 0 radical (unpaired) electrons. The molecule has 0 fully saturated rings. The van der Waals surface area contributed by atoms with Crippen LogP contribution in [0.2, 0.25) is 0 Å². The summed E-state index contributed by atoms with van der Waals surface area (Å²) in [7, 11) is -5.57. The van der Waals surface area contributed by atoms with Crippen LogP contribution in [0.4, 0.5) is 25.8 Å². The van der Waals surface area contributed by atoms with E-state index in [1.165, 1.54) is 41.5 Å². The van der Waals surface area contributed by atoms with E-state index in [2.05, 4.69) is 296 Å². The molecule has 17 rings (SSSR count). The largest absolute Gasteiger partial charge is 0.309 e. The zero-order valence-corrected chi connectivity index (χ0v) is 56.6. The van der Waals surface area contributed by atoms with E-state index in [9.17, 15) is 0 Å². The number of hydrogen-bond donors (Lipinski definition) is 0. The van der Waals surface area contributed by atoms with Crippen molar-refractivity contribution in [2.75, 3.05) is 4.90 Å². The fourth-order valence-corrected chi connectivity index (χ4v) is 25.3. The van der Waals surface area contributed by atoms with E-state index in [0.29, 0.717) is 16.9 Å². The van der Waals surface area contributed by atoms with Crippen LogP contribution in [0.25, 0.3) is 83.0 Å². The van der Waals surface area contributed by atoms with Crippen molar-refractivity contribution >= 4 is 119 Å². The first-order valence-electron chi connectivity index (χ1n) is 33.3. The number of fused-ring (bicyclic) bond motifs is 4. The molecule has 0 saturated heterocycles. The predicted octanol–water partition coefficient (Wildman–Crippen LogP) is 18.0. The molecule has 15 aromatic carbocycles. The zero-order chi connectivity index (χ0) is 66.3. The summed E-state index contributed by atoms with van der Waals surface area (Å²) in [5.41, 5.74) is 11.1. The minimum atomic E-state index is -2.78. The highest BCUT2D eigenvalue weighted by molar-refractivity contribution is 7.20. The number of aromatic nitrogens is 3. The molecule has 0 unspecified atom stereocenters. The van der Waals surface area contributed by atoms with Crippen LogP contribution in [-0.2, 0) is 0 Å². The fourth-order valence-electron chi connectivity index (χ4n) is 15.3. The van der Waals surface area contributed by atoms with Crippen LogP contribution in [0.15, 0.2) is 376 Å². The van der Waals surface area contributed by atoms with Crippen molar-refractivity contribution < 1.29 is 8.78 Å². The third-order valence-electron chi connectivity index (χ3n) is 19.8. The Morgan fingerprint density at radius 2 is 0.626 bits per heavy atom. The normalized spacial score (nSPS) is 11.7. The summed E-state index contributed by atoms with van der Waals surface area (Å²) in [4.78, 5) is 1.80. The van der Waals surface area contributed by atoms with Crippen molar-refractivity contribution in [3.8, 4) is 50.2 Å². The molecule has 17 aromatic rings. The lowest BCUT2D eigenvalue weighted by Crippen LogP contribution is -2.74. The van der Waals surface area contributed by atoms with Gasteiger partial charge in [-0.05, 0) is 117 Å². The van der Waals surface area contributed by atoms with Gasteiger partial charge in [0.1, 0.15) is 16.7 Å². The molecule has 9 heteroatoms. The van der Waals surface area contributed by atoms with Crippen molar-refractivity contribution in [3.63, 3.8) is 0 Å². The van der Waals surface area contributed by atoms with E-state index in [0.717, 1.165) is 72.6 Å². The van der Waals surface area contributed by atoms with Gasteiger partial charge in [-0.1, -0.05) is 334 Å². The lowest BCUT2D eigenvalue weighted by Gasteiger charge is -2.34. The van der Waals surface area contributed by atoms with Gasteiger partial charge in [-0.15, -0.1) is 0 Å². The molecule has 0 N–H and O–H groups in total. The van der Waals surface area contributed by atoms with Gasteiger partial charge in [0.25, 0.3) is 0 Å². The second-order valence-electron chi connectivity index (χ2n) is 25.1. The second-order valence-corrected chi connectivity index (χ2v) is 33.2. The summed E-state index contributed by atoms with van der Waals surface area (Å²) >= 11 is 0.945. The number of nitrogens with zero attached hydrogens (tertiary/aromatic N) is 4. The summed E-state index contributed by atoms with van der Waals surface area (Å²) in [6, 6.07) is 133. The number of benzene rings is 15. The highest BCUT2D eigenvalue weighted by Gasteiger charge is 2.43. The Labute approximate surface area is 580 Å². The average Bonchev–Trinajstić information content (AvgIpc) is 1.72. The van der Waals surface area contributed by atoms with Crippen molar-refractivity contribution in [1.29, 1.82) is 0 Å². The van der Waals surface area contributed by atoms with E-state index in [4.69, 9.17) is 8.75 Å². The summed E-state index contributed by atoms with van der Waals surface area (Å²) in [5, 5.41) is 12.3. The monoisotopic (exact) mass is 1320 g/mol. The number of halogens is 2. The second kappa shape index (κ2) is 25.9. The minimum absolute atomic E-state index is 0.0331. The van der Waals surface area contributed by atoms with Gasteiger partial charge < -0.3 is 9.47 Å². The van der Waals surface area contributed by atoms with Gasteiger partial charge in [0.15, 0.2) is 27.8 Å². The Morgan fingerprint density at radius 1 is 0.283 bits per heavy atom. The predicted molar refractivity (Wildman–Crippen MR) is 415 cm³/mol. The Kier molecular flexibility index (Phi) is 15.9.